The second-order valence-corrected chi connectivity index (χ2v) is 6.78. The number of benzene rings is 1. The molecule has 2 heterocycles. The summed E-state index contributed by atoms with van der Waals surface area (Å²) in [5, 5.41) is 11.5. The molecule has 0 saturated carbocycles. The van der Waals surface area contributed by atoms with Gasteiger partial charge in [0.15, 0.2) is 0 Å². The van der Waals surface area contributed by atoms with E-state index in [1.54, 1.807) is 4.90 Å². The lowest BCUT2D eigenvalue weighted by atomic mass is 9.89. The lowest BCUT2D eigenvalue weighted by Crippen LogP contribution is -2.51. The zero-order valence-electron chi connectivity index (χ0n) is 14.1. The molecule has 0 spiro atoms. The fourth-order valence-corrected chi connectivity index (χ4v) is 3.43. The Hall–Kier alpha value is -2.47. The van der Waals surface area contributed by atoms with E-state index in [2.05, 4.69) is 4.98 Å². The molecule has 2 amide bonds. The lowest BCUT2D eigenvalue weighted by Gasteiger charge is -2.38. The van der Waals surface area contributed by atoms with Crippen molar-refractivity contribution in [1.82, 2.24) is 9.88 Å². The molecule has 1 aliphatic heterocycles. The number of para-hydroxylation sites is 1. The summed E-state index contributed by atoms with van der Waals surface area (Å²) in [7, 11) is 0. The molecule has 0 radical (unpaired) electrons. The van der Waals surface area contributed by atoms with Crippen LogP contribution >= 0.6 is 0 Å². The molecule has 2 aromatic rings. The zero-order valence-corrected chi connectivity index (χ0v) is 14.1. The molecule has 132 valence electrons. The van der Waals surface area contributed by atoms with Gasteiger partial charge in [-0.3, -0.25) is 14.6 Å². The molecule has 1 aliphatic rings. The van der Waals surface area contributed by atoms with Crippen molar-refractivity contribution >= 4 is 22.7 Å². The number of likely N-dealkylation sites (tertiary alicyclic amines) is 1. The number of aliphatic hydroxyl groups is 1. The summed E-state index contributed by atoms with van der Waals surface area (Å²) in [6.45, 7) is 0.769. The lowest BCUT2D eigenvalue weighted by molar-refractivity contribution is -0.141. The molecule has 1 aromatic carbocycles. The van der Waals surface area contributed by atoms with E-state index in [1.165, 1.54) is 0 Å². The number of aryl methyl sites for hydroxylation is 1. The van der Waals surface area contributed by atoms with Gasteiger partial charge in [0.05, 0.1) is 17.5 Å². The minimum absolute atomic E-state index is 0.0300. The van der Waals surface area contributed by atoms with E-state index in [4.69, 9.17) is 5.73 Å². The van der Waals surface area contributed by atoms with E-state index >= 15 is 0 Å². The van der Waals surface area contributed by atoms with Crippen LogP contribution < -0.4 is 5.73 Å². The third kappa shape index (κ3) is 4.33. The molecule has 6 nitrogen and oxygen atoms in total. The van der Waals surface area contributed by atoms with Crippen LogP contribution in [-0.2, 0) is 16.0 Å². The number of aromatic nitrogens is 1. The average Bonchev–Trinajstić information content (AvgIpc) is 2.58. The zero-order chi connectivity index (χ0) is 17.9. The fraction of sp³-hybridized carbons (Fsp3) is 0.421. The van der Waals surface area contributed by atoms with Crippen molar-refractivity contribution in [1.29, 1.82) is 0 Å². The molecule has 0 aliphatic carbocycles. The molecule has 1 atom stereocenters. The number of nitrogens with two attached hydrogens (primary N) is 1. The van der Waals surface area contributed by atoms with Crippen LogP contribution in [0.25, 0.3) is 10.9 Å². The van der Waals surface area contributed by atoms with Crippen molar-refractivity contribution in [3.05, 3.63) is 42.1 Å². The quantitative estimate of drug-likeness (QED) is 0.859. The predicted molar refractivity (Wildman–Crippen MR) is 94.6 cm³/mol. The van der Waals surface area contributed by atoms with E-state index in [9.17, 15) is 14.7 Å². The monoisotopic (exact) mass is 341 g/mol. The van der Waals surface area contributed by atoms with E-state index in [0.29, 0.717) is 32.2 Å². The molecule has 1 aromatic heterocycles. The molecule has 0 bridgehead atoms. The molecule has 1 unspecified atom stereocenters. The van der Waals surface area contributed by atoms with Crippen molar-refractivity contribution in [3.8, 4) is 0 Å². The van der Waals surface area contributed by atoms with Gasteiger partial charge in [0.1, 0.15) is 0 Å². The Balaban J connectivity index is 1.60. The van der Waals surface area contributed by atoms with E-state index in [1.807, 2.05) is 36.4 Å². The summed E-state index contributed by atoms with van der Waals surface area (Å²) in [6, 6.07) is 11.8. The third-order valence-electron chi connectivity index (χ3n) is 4.66. The van der Waals surface area contributed by atoms with Crippen molar-refractivity contribution in [2.45, 2.75) is 37.7 Å². The van der Waals surface area contributed by atoms with Crippen LogP contribution in [-0.4, -0.2) is 45.5 Å². The Morgan fingerprint density at radius 2 is 2.04 bits per heavy atom. The van der Waals surface area contributed by atoms with Gasteiger partial charge >= 0.3 is 0 Å². The summed E-state index contributed by atoms with van der Waals surface area (Å²) < 4.78 is 0. The van der Waals surface area contributed by atoms with Gasteiger partial charge in [-0.2, -0.15) is 0 Å². The molecule has 1 fully saturated rings. The maximum Gasteiger partial charge on any atom is 0.223 e. The second-order valence-electron chi connectivity index (χ2n) is 6.78. The number of pyridine rings is 1. The maximum absolute atomic E-state index is 12.5. The summed E-state index contributed by atoms with van der Waals surface area (Å²) in [4.78, 5) is 29.8. The molecular weight excluding hydrogens is 318 g/mol. The first-order valence-corrected chi connectivity index (χ1v) is 8.58. The Kier molecular flexibility index (Phi) is 4.99. The number of piperidine rings is 1. The van der Waals surface area contributed by atoms with Gasteiger partial charge < -0.3 is 15.7 Å². The van der Waals surface area contributed by atoms with Crippen LogP contribution in [0.1, 0.15) is 31.4 Å². The number of hydrogen-bond donors (Lipinski definition) is 2. The van der Waals surface area contributed by atoms with E-state index < -0.39 is 11.5 Å². The average molecular weight is 341 g/mol. The van der Waals surface area contributed by atoms with Crippen LogP contribution in [0.15, 0.2) is 36.4 Å². The van der Waals surface area contributed by atoms with Crippen LogP contribution in [0, 0.1) is 0 Å². The highest BCUT2D eigenvalue weighted by atomic mass is 16.3. The number of carbonyl (C=O) groups is 2. The smallest absolute Gasteiger partial charge is 0.223 e. The number of amides is 2. The van der Waals surface area contributed by atoms with Gasteiger partial charge in [-0.15, -0.1) is 0 Å². The number of primary amides is 1. The first kappa shape index (κ1) is 17.4. The van der Waals surface area contributed by atoms with Crippen LogP contribution in [0.2, 0.25) is 0 Å². The standard InChI is InChI=1S/C19H23N3O3/c20-17(23)12-19(25)10-3-11-22(13-19)18(24)9-8-15-7-6-14-4-1-2-5-16(14)21-15/h1-2,4-7,25H,3,8-13H2,(H2,20,23). The number of nitrogens with zero attached hydrogens (tertiary/aromatic N) is 2. The molecule has 25 heavy (non-hydrogen) atoms. The first-order valence-electron chi connectivity index (χ1n) is 8.58. The Morgan fingerprint density at radius 3 is 2.84 bits per heavy atom. The molecule has 3 rings (SSSR count). The number of β-amino-alcohol motifs (C(OH)–C–C–N with tert-alkyl or cyclic N) is 1. The number of carbonyl (C=O) groups excluding carboxylic acids is 2. The Labute approximate surface area is 146 Å². The Morgan fingerprint density at radius 1 is 1.24 bits per heavy atom. The summed E-state index contributed by atoms with van der Waals surface area (Å²) in [6.07, 6.45) is 1.94. The van der Waals surface area contributed by atoms with Crippen molar-refractivity contribution in [2.75, 3.05) is 13.1 Å². The summed E-state index contributed by atoms with van der Waals surface area (Å²) in [5.41, 5.74) is 5.80. The second kappa shape index (κ2) is 7.19. The van der Waals surface area contributed by atoms with Crippen LogP contribution in [0.5, 0.6) is 0 Å². The highest BCUT2D eigenvalue weighted by molar-refractivity contribution is 5.79. The Bertz CT molecular complexity index is 792. The fourth-order valence-electron chi connectivity index (χ4n) is 3.43. The normalized spacial score (nSPS) is 20.6. The van der Waals surface area contributed by atoms with Gasteiger partial charge in [-0.05, 0) is 31.4 Å². The molecule has 1 saturated heterocycles. The van der Waals surface area contributed by atoms with E-state index in [0.717, 1.165) is 16.6 Å². The van der Waals surface area contributed by atoms with Crippen LogP contribution in [0.4, 0.5) is 0 Å². The molecular formula is C19H23N3O3. The first-order chi connectivity index (χ1) is 12.0. The minimum atomic E-state index is -1.19. The predicted octanol–water partition coefficient (Wildman–Crippen LogP) is 1.40. The maximum atomic E-state index is 12.5. The largest absolute Gasteiger partial charge is 0.388 e. The topological polar surface area (TPSA) is 96.5 Å². The van der Waals surface area contributed by atoms with Gasteiger partial charge in [0, 0.05) is 30.6 Å². The van der Waals surface area contributed by atoms with Gasteiger partial charge in [0.2, 0.25) is 11.8 Å². The summed E-state index contributed by atoms with van der Waals surface area (Å²) in [5.74, 6) is -0.574. The van der Waals surface area contributed by atoms with Crippen molar-refractivity contribution < 1.29 is 14.7 Å². The highest BCUT2D eigenvalue weighted by Gasteiger charge is 2.36. The van der Waals surface area contributed by atoms with Crippen LogP contribution in [0.3, 0.4) is 0 Å². The third-order valence-corrected chi connectivity index (χ3v) is 4.66. The van der Waals surface area contributed by atoms with Gasteiger partial charge in [-0.1, -0.05) is 24.3 Å². The molecule has 6 heteroatoms. The number of hydrogen-bond acceptors (Lipinski definition) is 4. The number of rotatable bonds is 5. The highest BCUT2D eigenvalue weighted by Crippen LogP contribution is 2.25. The van der Waals surface area contributed by atoms with E-state index in [-0.39, 0.29) is 18.9 Å². The minimum Gasteiger partial charge on any atom is -0.388 e. The van der Waals surface area contributed by atoms with Crippen molar-refractivity contribution in [3.63, 3.8) is 0 Å². The van der Waals surface area contributed by atoms with Gasteiger partial charge in [0.25, 0.3) is 0 Å². The SMILES string of the molecule is NC(=O)CC1(O)CCCN(C(=O)CCc2ccc3ccccc3n2)C1. The molecule has 3 N–H and O–H groups in total. The summed E-state index contributed by atoms with van der Waals surface area (Å²) >= 11 is 0. The number of fused-ring (bicyclic) bond motifs is 1. The van der Waals surface area contributed by atoms with Crippen molar-refractivity contribution in [2.24, 2.45) is 5.73 Å². The van der Waals surface area contributed by atoms with Gasteiger partial charge in [-0.25, -0.2) is 0 Å².